The molecule has 0 bridgehead atoms. The van der Waals surface area contributed by atoms with E-state index >= 15 is 0 Å². The molecular weight excluding hydrogens is 270 g/mol. The van der Waals surface area contributed by atoms with Crippen LogP contribution in [0.15, 0.2) is 18.2 Å². The van der Waals surface area contributed by atoms with Gasteiger partial charge >= 0.3 is 0 Å². The fourth-order valence-electron chi connectivity index (χ4n) is 3.89. The normalized spacial score (nSPS) is 25.0. The van der Waals surface area contributed by atoms with E-state index in [4.69, 9.17) is 0 Å². The summed E-state index contributed by atoms with van der Waals surface area (Å²) in [6.45, 7) is 5.90. The lowest BCUT2D eigenvalue weighted by Gasteiger charge is -2.49. The lowest BCUT2D eigenvalue weighted by molar-refractivity contribution is 0.244. The van der Waals surface area contributed by atoms with Crippen molar-refractivity contribution >= 4 is 5.69 Å². The number of rotatable bonds is 2. The van der Waals surface area contributed by atoms with Crippen LogP contribution in [-0.2, 0) is 0 Å². The number of nitrogens with zero attached hydrogens (tertiary/aromatic N) is 1. The number of hydrogen-bond donors (Lipinski definition) is 1. The maximum atomic E-state index is 14.3. The van der Waals surface area contributed by atoms with Crippen LogP contribution in [-0.4, -0.2) is 24.7 Å². The average molecular weight is 294 g/mol. The van der Waals surface area contributed by atoms with Crippen molar-refractivity contribution in [1.29, 1.82) is 0 Å². The predicted octanol–water partition coefficient (Wildman–Crippen LogP) is 3.71. The number of anilines is 1. The topological polar surface area (TPSA) is 15.3 Å². The molecule has 1 aliphatic heterocycles. The summed E-state index contributed by atoms with van der Waals surface area (Å²) in [5.74, 6) is -1.08. The second kappa shape index (κ2) is 5.56. The van der Waals surface area contributed by atoms with Gasteiger partial charge in [-0.1, -0.05) is 32.8 Å². The van der Waals surface area contributed by atoms with Gasteiger partial charge in [-0.3, -0.25) is 0 Å². The molecule has 1 aliphatic carbocycles. The van der Waals surface area contributed by atoms with Crippen LogP contribution in [0.1, 0.15) is 39.5 Å². The van der Waals surface area contributed by atoms with Gasteiger partial charge in [-0.25, -0.2) is 8.78 Å². The number of halogens is 2. The molecule has 2 nitrogen and oxygen atoms in total. The third kappa shape index (κ3) is 2.66. The van der Waals surface area contributed by atoms with E-state index in [0.29, 0.717) is 11.6 Å². The number of nitrogens with one attached hydrogen (secondary N) is 1. The van der Waals surface area contributed by atoms with Crippen molar-refractivity contribution in [3.63, 3.8) is 0 Å². The summed E-state index contributed by atoms with van der Waals surface area (Å²) in [6, 6.07) is 4.71. The van der Waals surface area contributed by atoms with Gasteiger partial charge < -0.3 is 10.2 Å². The highest BCUT2D eigenvalue weighted by Gasteiger charge is 2.42. The van der Waals surface area contributed by atoms with Crippen molar-refractivity contribution in [3.05, 3.63) is 29.8 Å². The molecular formula is C17H24F2N2. The first-order valence-corrected chi connectivity index (χ1v) is 7.98. The standard InChI is InChI=1S/C17H24F2N2/c1-12(2)15-10-20-17(8-3-4-9-17)11-21(15)14-7-5-6-13(18)16(14)19/h5-7,12,15,20H,3-4,8-11H2,1-2H3. The Balaban J connectivity index is 1.95. The summed E-state index contributed by atoms with van der Waals surface area (Å²) in [5, 5.41) is 3.70. The van der Waals surface area contributed by atoms with Gasteiger partial charge in [0.2, 0.25) is 0 Å². The lowest BCUT2D eigenvalue weighted by Crippen LogP contribution is -2.64. The monoisotopic (exact) mass is 294 g/mol. The van der Waals surface area contributed by atoms with E-state index in [-0.39, 0.29) is 11.6 Å². The number of piperazine rings is 1. The van der Waals surface area contributed by atoms with Crippen molar-refractivity contribution in [2.45, 2.75) is 51.1 Å². The summed E-state index contributed by atoms with van der Waals surface area (Å²) in [6.07, 6.45) is 4.70. The Morgan fingerprint density at radius 3 is 2.62 bits per heavy atom. The second-order valence-electron chi connectivity index (χ2n) is 6.88. The van der Waals surface area contributed by atoms with Crippen molar-refractivity contribution < 1.29 is 8.78 Å². The lowest BCUT2D eigenvalue weighted by atomic mass is 9.88. The molecule has 116 valence electrons. The molecule has 0 amide bonds. The minimum absolute atomic E-state index is 0.0874. The van der Waals surface area contributed by atoms with E-state index < -0.39 is 11.6 Å². The fourth-order valence-corrected chi connectivity index (χ4v) is 3.89. The molecule has 4 heteroatoms. The molecule has 3 rings (SSSR count). The van der Waals surface area contributed by atoms with Crippen molar-refractivity contribution in [2.75, 3.05) is 18.0 Å². The Labute approximate surface area is 125 Å². The van der Waals surface area contributed by atoms with Gasteiger partial charge in [-0.15, -0.1) is 0 Å². The van der Waals surface area contributed by atoms with Crippen LogP contribution >= 0.6 is 0 Å². The van der Waals surface area contributed by atoms with E-state index in [1.807, 2.05) is 0 Å². The summed E-state index contributed by atoms with van der Waals surface area (Å²) in [4.78, 5) is 2.10. The Bertz CT molecular complexity index is 510. The largest absolute Gasteiger partial charge is 0.363 e. The van der Waals surface area contributed by atoms with Crippen LogP contribution in [0.5, 0.6) is 0 Å². The smallest absolute Gasteiger partial charge is 0.182 e. The third-order valence-electron chi connectivity index (χ3n) is 5.13. The molecule has 1 atom stereocenters. The van der Waals surface area contributed by atoms with Crippen LogP contribution in [0.2, 0.25) is 0 Å². The molecule has 1 heterocycles. The molecule has 1 saturated heterocycles. The molecule has 1 N–H and O–H groups in total. The van der Waals surface area contributed by atoms with Gasteiger partial charge in [0.1, 0.15) is 0 Å². The Morgan fingerprint density at radius 1 is 1.24 bits per heavy atom. The third-order valence-corrected chi connectivity index (χ3v) is 5.13. The minimum atomic E-state index is -0.756. The van der Waals surface area contributed by atoms with Crippen LogP contribution < -0.4 is 10.2 Å². The maximum Gasteiger partial charge on any atom is 0.182 e. The van der Waals surface area contributed by atoms with Gasteiger partial charge in [0.05, 0.1) is 5.69 Å². The van der Waals surface area contributed by atoms with E-state index in [1.165, 1.54) is 18.9 Å². The van der Waals surface area contributed by atoms with Crippen LogP contribution in [0, 0.1) is 17.6 Å². The highest BCUT2D eigenvalue weighted by molar-refractivity contribution is 5.50. The molecule has 2 fully saturated rings. The Morgan fingerprint density at radius 2 is 1.95 bits per heavy atom. The van der Waals surface area contributed by atoms with E-state index in [2.05, 4.69) is 24.1 Å². The highest BCUT2D eigenvalue weighted by atomic mass is 19.2. The van der Waals surface area contributed by atoms with Gasteiger partial charge in [0.25, 0.3) is 0 Å². The zero-order chi connectivity index (χ0) is 15.0. The minimum Gasteiger partial charge on any atom is -0.363 e. The number of hydrogen-bond acceptors (Lipinski definition) is 2. The first-order valence-electron chi connectivity index (χ1n) is 7.98. The molecule has 2 aliphatic rings. The second-order valence-corrected chi connectivity index (χ2v) is 6.88. The zero-order valence-corrected chi connectivity index (χ0v) is 12.8. The molecule has 1 spiro atoms. The van der Waals surface area contributed by atoms with Crippen LogP contribution in [0.3, 0.4) is 0 Å². The van der Waals surface area contributed by atoms with Crippen LogP contribution in [0.4, 0.5) is 14.5 Å². The first-order chi connectivity index (χ1) is 10.0. The highest BCUT2D eigenvalue weighted by Crippen LogP contribution is 2.37. The molecule has 0 aromatic heterocycles. The molecule has 21 heavy (non-hydrogen) atoms. The maximum absolute atomic E-state index is 14.3. The van der Waals surface area contributed by atoms with Crippen molar-refractivity contribution in [1.82, 2.24) is 5.32 Å². The van der Waals surface area contributed by atoms with E-state index in [1.54, 1.807) is 12.1 Å². The quantitative estimate of drug-likeness (QED) is 0.894. The molecule has 0 radical (unpaired) electrons. The molecule has 1 aromatic carbocycles. The average Bonchev–Trinajstić information content (AvgIpc) is 2.89. The fraction of sp³-hybridized carbons (Fsp3) is 0.647. The molecule has 1 unspecified atom stereocenters. The summed E-state index contributed by atoms with van der Waals surface area (Å²) >= 11 is 0. The van der Waals surface area contributed by atoms with Gasteiger partial charge in [0.15, 0.2) is 11.6 Å². The zero-order valence-electron chi connectivity index (χ0n) is 12.8. The van der Waals surface area contributed by atoms with E-state index in [9.17, 15) is 8.78 Å². The van der Waals surface area contributed by atoms with Gasteiger partial charge in [-0.05, 0) is 30.9 Å². The molecule has 1 saturated carbocycles. The van der Waals surface area contributed by atoms with Gasteiger partial charge in [0, 0.05) is 24.7 Å². The van der Waals surface area contributed by atoms with E-state index in [0.717, 1.165) is 25.9 Å². The predicted molar refractivity (Wildman–Crippen MR) is 81.5 cm³/mol. The number of benzene rings is 1. The van der Waals surface area contributed by atoms with Crippen molar-refractivity contribution in [2.24, 2.45) is 5.92 Å². The Hall–Kier alpha value is -1.16. The molecule has 1 aromatic rings. The van der Waals surface area contributed by atoms with Crippen LogP contribution in [0.25, 0.3) is 0 Å². The first kappa shape index (κ1) is 14.8. The SMILES string of the molecule is CC(C)C1CNC2(CCCC2)CN1c1cccc(F)c1F. The van der Waals surface area contributed by atoms with Gasteiger partial charge in [-0.2, -0.15) is 0 Å². The summed E-state index contributed by atoms with van der Waals surface area (Å²) in [7, 11) is 0. The van der Waals surface area contributed by atoms with Crippen molar-refractivity contribution in [3.8, 4) is 0 Å². The Kier molecular flexibility index (Phi) is 3.91. The summed E-state index contributed by atoms with van der Waals surface area (Å²) in [5.41, 5.74) is 0.505. The summed E-state index contributed by atoms with van der Waals surface area (Å²) < 4.78 is 27.9.